The number of benzene rings is 1. The average Bonchev–Trinajstić information content (AvgIpc) is 2.23. The van der Waals surface area contributed by atoms with Crippen LogP contribution in [-0.2, 0) is 11.0 Å². The lowest BCUT2D eigenvalue weighted by Crippen LogP contribution is -2.20. The zero-order chi connectivity index (χ0) is 15.7. The van der Waals surface area contributed by atoms with Crippen molar-refractivity contribution in [3.8, 4) is 5.75 Å². The molecule has 0 aliphatic rings. The molecule has 0 saturated carbocycles. The van der Waals surface area contributed by atoms with Crippen molar-refractivity contribution in [3.05, 3.63) is 29.3 Å². The van der Waals surface area contributed by atoms with Crippen molar-refractivity contribution in [2.75, 3.05) is 0 Å². The largest absolute Gasteiger partial charge is 0.573 e. The van der Waals surface area contributed by atoms with Gasteiger partial charge in [-0.25, -0.2) is 4.79 Å². The predicted octanol–water partition coefficient (Wildman–Crippen LogP) is 2.72. The van der Waals surface area contributed by atoms with Crippen LogP contribution in [0.15, 0.2) is 18.2 Å². The zero-order valence-electron chi connectivity index (χ0n) is 9.29. The number of halogens is 6. The number of aliphatic hydroxyl groups excluding tert-OH is 1. The highest BCUT2D eigenvalue weighted by Gasteiger charge is 2.38. The van der Waals surface area contributed by atoms with Crippen molar-refractivity contribution in [3.63, 3.8) is 0 Å². The van der Waals surface area contributed by atoms with Gasteiger partial charge in [-0.3, -0.25) is 0 Å². The van der Waals surface area contributed by atoms with Gasteiger partial charge in [0.15, 0.2) is 6.10 Å². The van der Waals surface area contributed by atoms with Crippen LogP contribution in [0.3, 0.4) is 0 Å². The smallest absolute Gasteiger partial charge is 0.479 e. The molecule has 0 spiro atoms. The van der Waals surface area contributed by atoms with Gasteiger partial charge in [-0.1, -0.05) is 0 Å². The average molecular weight is 304 g/mol. The van der Waals surface area contributed by atoms with E-state index < -0.39 is 41.5 Å². The van der Waals surface area contributed by atoms with Crippen LogP contribution in [0.4, 0.5) is 26.3 Å². The topological polar surface area (TPSA) is 66.8 Å². The highest BCUT2D eigenvalue weighted by Crippen LogP contribution is 2.37. The first kappa shape index (κ1) is 16.1. The molecule has 4 nitrogen and oxygen atoms in total. The maximum Gasteiger partial charge on any atom is 0.573 e. The molecule has 0 amide bonds. The molecule has 1 unspecified atom stereocenters. The summed E-state index contributed by atoms with van der Waals surface area (Å²) in [6, 6.07) is 0.742. The monoisotopic (exact) mass is 304 g/mol. The summed E-state index contributed by atoms with van der Waals surface area (Å²) in [6.45, 7) is 0. The van der Waals surface area contributed by atoms with E-state index in [4.69, 9.17) is 10.2 Å². The number of carbonyl (C=O) groups is 1. The van der Waals surface area contributed by atoms with Gasteiger partial charge >= 0.3 is 18.5 Å². The molecule has 20 heavy (non-hydrogen) atoms. The van der Waals surface area contributed by atoms with E-state index in [-0.39, 0.29) is 12.1 Å². The van der Waals surface area contributed by atoms with Crippen molar-refractivity contribution in [1.82, 2.24) is 0 Å². The standard InChI is InChI=1S/C10H6F6O4/c11-9(12,13)6-2-1-4(20-10(14,15)16)3-5(6)7(17)8(18)19/h1-3,7,17H,(H,18,19). The van der Waals surface area contributed by atoms with Gasteiger partial charge < -0.3 is 14.9 Å². The molecule has 0 saturated heterocycles. The van der Waals surface area contributed by atoms with Crippen LogP contribution < -0.4 is 4.74 Å². The van der Waals surface area contributed by atoms with Crippen molar-refractivity contribution < 1.29 is 46.1 Å². The van der Waals surface area contributed by atoms with E-state index in [2.05, 4.69) is 4.74 Å². The normalized spacial score (nSPS) is 13.9. The molecule has 112 valence electrons. The molecule has 0 bridgehead atoms. The summed E-state index contributed by atoms with van der Waals surface area (Å²) >= 11 is 0. The molecule has 1 atom stereocenters. The van der Waals surface area contributed by atoms with Crippen LogP contribution in [0, 0.1) is 0 Å². The van der Waals surface area contributed by atoms with E-state index in [9.17, 15) is 31.1 Å². The van der Waals surface area contributed by atoms with Gasteiger partial charge in [0.2, 0.25) is 0 Å². The molecule has 10 heteroatoms. The van der Waals surface area contributed by atoms with Crippen LogP contribution in [0.25, 0.3) is 0 Å². The minimum absolute atomic E-state index is 0.176. The maximum absolute atomic E-state index is 12.6. The quantitative estimate of drug-likeness (QED) is 0.843. The molecule has 1 aromatic rings. The first-order valence-corrected chi connectivity index (χ1v) is 4.79. The molecular formula is C10H6F6O4. The molecule has 0 radical (unpaired) electrons. The third-order valence-electron chi connectivity index (χ3n) is 2.09. The Morgan fingerprint density at radius 1 is 1.15 bits per heavy atom. The van der Waals surface area contributed by atoms with Gasteiger partial charge in [0.1, 0.15) is 5.75 Å². The van der Waals surface area contributed by atoms with Gasteiger partial charge in [0.05, 0.1) is 5.56 Å². The Kier molecular flexibility index (Phi) is 4.18. The summed E-state index contributed by atoms with van der Waals surface area (Å²) in [7, 11) is 0. The molecule has 0 fully saturated rings. The third-order valence-corrected chi connectivity index (χ3v) is 2.09. The van der Waals surface area contributed by atoms with Crippen LogP contribution in [0.5, 0.6) is 5.75 Å². The lowest BCUT2D eigenvalue weighted by molar-refractivity contribution is -0.274. The van der Waals surface area contributed by atoms with Crippen molar-refractivity contribution in [1.29, 1.82) is 0 Å². The molecule has 0 heterocycles. The summed E-state index contributed by atoms with van der Waals surface area (Å²) in [4.78, 5) is 10.5. The summed E-state index contributed by atoms with van der Waals surface area (Å²) in [5.74, 6) is -3.11. The molecule has 1 rings (SSSR count). The maximum atomic E-state index is 12.6. The fourth-order valence-corrected chi connectivity index (χ4v) is 1.36. The van der Waals surface area contributed by atoms with E-state index in [1.807, 2.05) is 0 Å². The van der Waals surface area contributed by atoms with Crippen LogP contribution in [-0.4, -0.2) is 22.5 Å². The highest BCUT2D eigenvalue weighted by atomic mass is 19.4. The summed E-state index contributed by atoms with van der Waals surface area (Å²) in [5, 5.41) is 17.6. The van der Waals surface area contributed by atoms with Crippen molar-refractivity contribution >= 4 is 5.97 Å². The Bertz CT molecular complexity index is 507. The number of carboxylic acids is 1. The van der Waals surface area contributed by atoms with E-state index in [1.165, 1.54) is 0 Å². The molecule has 0 aliphatic carbocycles. The summed E-state index contributed by atoms with van der Waals surface area (Å²) in [6.07, 6.45) is -12.8. The SMILES string of the molecule is O=C(O)C(O)c1cc(OC(F)(F)F)ccc1C(F)(F)F. The third kappa shape index (κ3) is 4.02. The minimum atomic E-state index is -5.16. The van der Waals surface area contributed by atoms with Gasteiger partial charge in [0, 0.05) is 5.56 Å². The lowest BCUT2D eigenvalue weighted by atomic mass is 10.0. The Hall–Kier alpha value is -1.97. The van der Waals surface area contributed by atoms with Crippen molar-refractivity contribution in [2.45, 2.75) is 18.6 Å². The number of hydrogen-bond donors (Lipinski definition) is 2. The van der Waals surface area contributed by atoms with Gasteiger partial charge in [-0.2, -0.15) is 13.2 Å². The second-order valence-corrected chi connectivity index (χ2v) is 3.54. The molecule has 2 N–H and O–H groups in total. The summed E-state index contributed by atoms with van der Waals surface area (Å²) in [5.41, 5.74) is -2.81. The number of alkyl halides is 6. The zero-order valence-corrected chi connectivity index (χ0v) is 9.29. The van der Waals surface area contributed by atoms with E-state index in [0.717, 1.165) is 0 Å². The van der Waals surface area contributed by atoms with E-state index >= 15 is 0 Å². The second-order valence-electron chi connectivity index (χ2n) is 3.54. The number of aliphatic carboxylic acids is 1. The van der Waals surface area contributed by atoms with Gasteiger partial charge in [-0.15, -0.1) is 13.2 Å². The Morgan fingerprint density at radius 2 is 1.70 bits per heavy atom. The van der Waals surface area contributed by atoms with E-state index in [0.29, 0.717) is 6.07 Å². The minimum Gasteiger partial charge on any atom is -0.479 e. The first-order chi connectivity index (χ1) is 8.92. The number of hydrogen-bond acceptors (Lipinski definition) is 3. The van der Waals surface area contributed by atoms with Crippen LogP contribution in [0.1, 0.15) is 17.2 Å². The molecular weight excluding hydrogens is 298 g/mol. The Morgan fingerprint density at radius 3 is 2.10 bits per heavy atom. The summed E-state index contributed by atoms with van der Waals surface area (Å²) < 4.78 is 76.9. The fraction of sp³-hybridized carbons (Fsp3) is 0.300. The lowest BCUT2D eigenvalue weighted by Gasteiger charge is -2.17. The molecule has 0 aromatic heterocycles. The van der Waals surface area contributed by atoms with Crippen LogP contribution in [0.2, 0.25) is 0 Å². The van der Waals surface area contributed by atoms with Gasteiger partial charge in [0.25, 0.3) is 0 Å². The second kappa shape index (κ2) is 5.19. The predicted molar refractivity (Wildman–Crippen MR) is 50.7 cm³/mol. The number of carboxylic acid groups (broad SMARTS) is 1. The van der Waals surface area contributed by atoms with Crippen molar-refractivity contribution in [2.24, 2.45) is 0 Å². The van der Waals surface area contributed by atoms with E-state index in [1.54, 1.807) is 0 Å². The highest BCUT2D eigenvalue weighted by molar-refractivity contribution is 5.75. The Balaban J connectivity index is 3.33. The number of ether oxygens (including phenoxy) is 1. The fourth-order valence-electron chi connectivity index (χ4n) is 1.36. The number of aliphatic hydroxyl groups is 1. The molecule has 0 aliphatic heterocycles. The molecule has 1 aromatic carbocycles. The number of rotatable bonds is 3. The van der Waals surface area contributed by atoms with Crippen LogP contribution >= 0.6 is 0 Å². The Labute approximate surface area is 107 Å². The first-order valence-electron chi connectivity index (χ1n) is 4.79. The van der Waals surface area contributed by atoms with Gasteiger partial charge in [-0.05, 0) is 18.2 Å².